The van der Waals surface area contributed by atoms with E-state index >= 15 is 0 Å². The normalized spacial score (nSPS) is 11.8. The number of rotatable bonds is 10. The van der Waals surface area contributed by atoms with Gasteiger partial charge in [-0.05, 0) is 82.2 Å². The van der Waals surface area contributed by atoms with Gasteiger partial charge in [0.15, 0.2) is 0 Å². The summed E-state index contributed by atoms with van der Waals surface area (Å²) in [6.07, 6.45) is 0. The van der Waals surface area contributed by atoms with Gasteiger partial charge >= 0.3 is 129 Å². The third-order valence-corrected chi connectivity index (χ3v) is 11.6. The van der Waals surface area contributed by atoms with Gasteiger partial charge in [-0.1, -0.05) is 47.3 Å². The van der Waals surface area contributed by atoms with Crippen LogP contribution in [-0.4, -0.2) is 53.4 Å². The SMILES string of the molecule is NS(=O)(=O)c1ccc([O-])c(N=Nc2c(S(=O)(=O)[O-])cc3cc(NC(=O)Nc4ccc5c([O-])c(N=Nc6ccc(S(=O)(=O)[O-])cc6[O-])c(S(=O)(=O)[O-])cc5c4)ccc3c2[O-])c1.[Cu+2].[Cu+2].[Na+].[Na+].[Na+]. The van der Waals surface area contributed by atoms with E-state index in [1.165, 1.54) is 12.1 Å². The fourth-order valence-electron chi connectivity index (χ4n) is 5.39. The summed E-state index contributed by atoms with van der Waals surface area (Å²) in [5, 5.41) is 73.8. The van der Waals surface area contributed by atoms with Gasteiger partial charge in [0, 0.05) is 11.4 Å². The molecule has 0 unspecified atom stereocenters. The quantitative estimate of drug-likeness (QED) is 0.0652. The average Bonchev–Trinajstić information content (AvgIpc) is 3.13. The zero-order chi connectivity index (χ0) is 44.1. The number of benzene rings is 6. The minimum atomic E-state index is -5.46. The Kier molecular flexibility index (Phi) is 21.3. The van der Waals surface area contributed by atoms with Crippen LogP contribution in [0.3, 0.4) is 0 Å². The Morgan fingerprint density at radius 3 is 1.32 bits per heavy atom. The van der Waals surface area contributed by atoms with Crippen molar-refractivity contribution in [2.45, 2.75) is 19.6 Å². The minimum absolute atomic E-state index is 0. The Bertz CT molecular complexity index is 3370. The monoisotopic (exact) mass is 1090 g/mol. The van der Waals surface area contributed by atoms with E-state index in [9.17, 15) is 72.6 Å². The van der Waals surface area contributed by atoms with Crippen LogP contribution in [0.1, 0.15) is 0 Å². The Balaban J connectivity index is 0.00000422. The summed E-state index contributed by atoms with van der Waals surface area (Å²) in [6.45, 7) is 0. The van der Waals surface area contributed by atoms with E-state index in [0.717, 1.165) is 60.7 Å². The number of nitrogens with two attached hydrogens (primary N) is 1. The van der Waals surface area contributed by atoms with Crippen LogP contribution in [0.4, 0.5) is 38.9 Å². The largest absolute Gasteiger partial charge is 2.00 e. The predicted molar refractivity (Wildman–Crippen MR) is 195 cm³/mol. The first-order valence-electron chi connectivity index (χ1n) is 15.8. The van der Waals surface area contributed by atoms with E-state index in [1.807, 2.05) is 0 Å². The van der Waals surface area contributed by atoms with Crippen molar-refractivity contribution in [3.63, 3.8) is 0 Å². The van der Waals surface area contributed by atoms with Gasteiger partial charge in [-0.15, -0.1) is 10.2 Å². The maximum absolute atomic E-state index is 13.3. The molecule has 0 aliphatic heterocycles. The van der Waals surface area contributed by atoms with Gasteiger partial charge in [-0.25, -0.2) is 43.6 Å². The fourth-order valence-corrected chi connectivity index (χ4v) is 7.69. The molecule has 0 heterocycles. The molecule has 0 atom stereocenters. The molecule has 2 radical (unpaired) electrons. The molecule has 0 aliphatic rings. The topological polar surface area (TPSA) is 415 Å². The van der Waals surface area contributed by atoms with Gasteiger partial charge in [-0.3, -0.25) is 0 Å². The number of fused-ring (bicyclic) bond motifs is 2. The molecule has 32 heteroatoms. The summed E-state index contributed by atoms with van der Waals surface area (Å²) in [4.78, 5) is 9.16. The van der Waals surface area contributed by atoms with E-state index in [2.05, 4.69) is 31.1 Å². The van der Waals surface area contributed by atoms with Crippen molar-refractivity contribution in [2.75, 3.05) is 10.6 Å². The molecule has 2 amide bonds. The number of nitrogens with zero attached hydrogens (tertiary/aromatic N) is 4. The Labute approximate surface area is 455 Å². The maximum Gasteiger partial charge on any atom is 2.00 e. The minimum Gasteiger partial charge on any atom is -0.871 e. The maximum atomic E-state index is 13.3. The summed E-state index contributed by atoms with van der Waals surface area (Å²) in [7, 11) is -20.2. The number of sulfonamides is 1. The van der Waals surface area contributed by atoms with Crippen molar-refractivity contribution in [2.24, 2.45) is 25.6 Å². The van der Waals surface area contributed by atoms with Crippen LogP contribution < -0.4 is 125 Å². The van der Waals surface area contributed by atoms with Crippen molar-refractivity contribution < 1.29 is 195 Å². The van der Waals surface area contributed by atoms with Crippen LogP contribution in [0, 0.1) is 0 Å². The second-order valence-electron chi connectivity index (χ2n) is 12.1. The summed E-state index contributed by atoms with van der Waals surface area (Å²) in [5.74, 6) is -4.33. The van der Waals surface area contributed by atoms with Crippen LogP contribution in [-0.2, 0) is 74.5 Å². The number of azo groups is 2. The van der Waals surface area contributed by atoms with Crippen LogP contribution in [0.2, 0.25) is 0 Å². The first kappa shape index (κ1) is 60.2. The van der Waals surface area contributed by atoms with Gasteiger partial charge in [0.2, 0.25) is 10.0 Å². The van der Waals surface area contributed by atoms with Crippen LogP contribution >= 0.6 is 0 Å². The third kappa shape index (κ3) is 14.1. The number of hydrogen-bond donors (Lipinski definition) is 3. The van der Waals surface area contributed by atoms with Crippen LogP contribution in [0.15, 0.2) is 125 Å². The van der Waals surface area contributed by atoms with Crippen molar-refractivity contribution >= 4 is 102 Å². The molecular formula is C33H18Cu2N7Na3O16S4. The molecule has 65 heavy (non-hydrogen) atoms. The van der Waals surface area contributed by atoms with Crippen molar-refractivity contribution in [1.82, 2.24) is 0 Å². The van der Waals surface area contributed by atoms with Gasteiger partial charge in [-0.2, -0.15) is 10.2 Å². The predicted octanol–water partition coefficient (Wildman–Crippen LogP) is -6.87. The molecule has 0 aromatic heterocycles. The molecule has 6 aromatic carbocycles. The molecule has 0 saturated carbocycles. The number of urea groups is 1. The number of nitrogens with one attached hydrogen (secondary N) is 2. The van der Waals surface area contributed by atoms with Crippen molar-refractivity contribution in [3.05, 3.63) is 84.9 Å². The van der Waals surface area contributed by atoms with Crippen LogP contribution in [0.5, 0.6) is 23.0 Å². The number of hydrogen-bond acceptors (Lipinski definition) is 20. The zero-order valence-electron chi connectivity index (χ0n) is 32.7. The molecular weight excluding hydrogens is 1070 g/mol. The molecule has 23 nitrogen and oxygen atoms in total. The van der Waals surface area contributed by atoms with E-state index in [1.54, 1.807) is 0 Å². The van der Waals surface area contributed by atoms with E-state index in [4.69, 9.17) is 5.14 Å². The molecule has 0 saturated heterocycles. The average molecular weight is 1090 g/mol. The van der Waals surface area contributed by atoms with Crippen LogP contribution in [0.25, 0.3) is 21.5 Å². The second-order valence-corrected chi connectivity index (χ2v) is 17.8. The zero-order valence-corrected chi connectivity index (χ0v) is 43.9. The molecule has 0 bridgehead atoms. The molecule has 6 aromatic rings. The summed E-state index contributed by atoms with van der Waals surface area (Å²) < 4.78 is 130. The van der Waals surface area contributed by atoms with Gasteiger partial charge in [0.1, 0.15) is 30.4 Å². The van der Waals surface area contributed by atoms with Gasteiger partial charge in [0.05, 0.1) is 42.3 Å². The number of carbonyl (C=O) groups excluding carboxylic acids is 1. The smallest absolute Gasteiger partial charge is 0.871 e. The Morgan fingerprint density at radius 1 is 0.492 bits per heavy atom. The van der Waals surface area contributed by atoms with E-state index < -0.39 is 112 Å². The van der Waals surface area contributed by atoms with E-state index in [0.29, 0.717) is 12.1 Å². The first-order valence-corrected chi connectivity index (χ1v) is 21.6. The number of anilines is 2. The van der Waals surface area contributed by atoms with Gasteiger partial charge < -0.3 is 44.7 Å². The summed E-state index contributed by atoms with van der Waals surface area (Å²) in [5.41, 5.74) is -3.46. The molecule has 4 N–H and O–H groups in total. The van der Waals surface area contributed by atoms with E-state index in [-0.39, 0.29) is 156 Å². The first-order chi connectivity index (χ1) is 27.8. The molecule has 0 fully saturated rings. The fraction of sp³-hybridized carbons (Fsp3) is 0. The molecule has 330 valence electrons. The Hall–Kier alpha value is -2.81. The van der Waals surface area contributed by atoms with Crippen molar-refractivity contribution in [1.29, 1.82) is 0 Å². The standard InChI is InChI=1S/C33H25N7O16S4.2Cu.3Na/c34-57(46,47)19-4-8-25(41)24(13-19)38-40-30-28(60(54,55)56)12-16-10-18(2-6-22(16)32(30)44)36-33(45)35-17-1-5-21-15(9-17)11-27(59(51,52)53)29(31(21)43)39-37-23-7-3-20(14-26(23)42)58(48,49)50;;;;;/h1-14,41-44H,(H2,34,46,47)(H2,35,36,45)(H,48,49,50)(H,51,52,53)(H,54,55,56);;;;;/q;2*+2;3*+1/p-7. The summed E-state index contributed by atoms with van der Waals surface area (Å²) in [6, 6.07) is 11.5. The number of primary sulfonamides is 1. The van der Waals surface area contributed by atoms with Crippen molar-refractivity contribution in [3.8, 4) is 23.0 Å². The van der Waals surface area contributed by atoms with Gasteiger partial charge in [0.25, 0.3) is 0 Å². The molecule has 6 rings (SSSR count). The molecule has 0 spiro atoms. The number of carbonyl (C=O) groups is 1. The summed E-state index contributed by atoms with van der Waals surface area (Å²) >= 11 is 0. The Morgan fingerprint density at radius 2 is 0.923 bits per heavy atom. The number of amides is 2. The third-order valence-electron chi connectivity index (χ3n) is 8.11. The molecule has 0 aliphatic carbocycles. The second kappa shape index (κ2) is 23.0.